The monoisotopic (exact) mass is 655 g/mol. The molecular weight excluding hydrogens is 641 g/mol. The van der Waals surface area contributed by atoms with Crippen LogP contribution < -0.4 is 4.74 Å². The summed E-state index contributed by atoms with van der Waals surface area (Å²) in [5.74, 6) is 0.538. The summed E-state index contributed by atoms with van der Waals surface area (Å²) < 4.78 is 8.02. The molecule has 1 aliphatic heterocycles. The summed E-state index contributed by atoms with van der Waals surface area (Å²) in [7, 11) is 0. The number of amides is 1. The van der Waals surface area contributed by atoms with E-state index >= 15 is 0 Å². The van der Waals surface area contributed by atoms with Crippen LogP contribution in [0.1, 0.15) is 22.3 Å². The number of rotatable bonds is 6. The number of benzene rings is 3. The average molecular weight is 658 g/mol. The molecule has 0 aliphatic carbocycles. The average Bonchev–Trinajstić information content (AvgIpc) is 3.03. The predicted molar refractivity (Wildman–Crippen MR) is 153 cm³/mol. The largest absolute Gasteiger partial charge is 0.486 e. The molecule has 0 saturated carbocycles. The first-order valence-electron chi connectivity index (χ1n) is 10.1. The maximum Gasteiger partial charge on any atom is 0.266 e. The van der Waals surface area contributed by atoms with Gasteiger partial charge in [0.25, 0.3) is 5.91 Å². The minimum atomic E-state index is -0.0967. The highest BCUT2D eigenvalue weighted by molar-refractivity contribution is 9.11. The molecule has 1 fully saturated rings. The van der Waals surface area contributed by atoms with Gasteiger partial charge in [0, 0.05) is 15.6 Å². The van der Waals surface area contributed by atoms with Gasteiger partial charge in [0.15, 0.2) is 0 Å². The topological polar surface area (TPSA) is 29.5 Å². The molecule has 174 valence electrons. The van der Waals surface area contributed by atoms with Gasteiger partial charge in [-0.25, -0.2) is 0 Å². The molecule has 0 atom stereocenters. The van der Waals surface area contributed by atoms with Crippen LogP contribution in [0.3, 0.4) is 0 Å². The molecule has 0 N–H and O–H groups in total. The third-order valence-electron chi connectivity index (χ3n) is 5.04. The van der Waals surface area contributed by atoms with Crippen molar-refractivity contribution in [2.24, 2.45) is 0 Å². The van der Waals surface area contributed by atoms with E-state index in [1.165, 1.54) is 17.3 Å². The predicted octanol–water partition coefficient (Wildman–Crippen LogP) is 8.81. The number of aryl methyl sites for hydroxylation is 1. The van der Waals surface area contributed by atoms with E-state index in [0.717, 1.165) is 25.6 Å². The van der Waals surface area contributed by atoms with Gasteiger partial charge in [0.05, 0.1) is 20.4 Å². The fourth-order valence-corrected chi connectivity index (χ4v) is 6.42. The van der Waals surface area contributed by atoms with Crippen molar-refractivity contribution in [3.63, 3.8) is 0 Å². The number of nitrogens with zero attached hydrogens (tertiary/aromatic N) is 1. The normalized spacial score (nSPS) is 14.9. The van der Waals surface area contributed by atoms with E-state index in [0.29, 0.717) is 31.6 Å². The van der Waals surface area contributed by atoms with E-state index in [9.17, 15) is 4.79 Å². The van der Waals surface area contributed by atoms with Crippen LogP contribution >= 0.6 is 79.0 Å². The van der Waals surface area contributed by atoms with Crippen molar-refractivity contribution in [2.75, 3.05) is 0 Å². The number of carbonyl (C=O) groups excluding carboxylic acids is 1. The molecule has 1 amide bonds. The second-order valence-electron chi connectivity index (χ2n) is 7.59. The Kier molecular flexibility index (Phi) is 8.44. The van der Waals surface area contributed by atoms with E-state index < -0.39 is 0 Å². The maximum atomic E-state index is 13.0. The van der Waals surface area contributed by atoms with Crippen molar-refractivity contribution in [1.29, 1.82) is 0 Å². The third kappa shape index (κ3) is 6.07. The second-order valence-corrected chi connectivity index (χ2v) is 11.8. The van der Waals surface area contributed by atoms with Gasteiger partial charge in [-0.2, -0.15) is 0 Å². The summed E-state index contributed by atoms with van der Waals surface area (Å²) in [6.07, 6.45) is 1.84. The fraction of sp³-hybridized carbons (Fsp3) is 0.120. The Morgan fingerprint density at radius 3 is 2.38 bits per heavy atom. The summed E-state index contributed by atoms with van der Waals surface area (Å²) in [4.78, 5) is 15.2. The zero-order valence-corrected chi connectivity index (χ0v) is 24.1. The standard InChI is InChI=1S/C25H17Br2Cl2NO2S2/c1-14-2-4-15(5-3-14)12-30-24(31)22(34-25(30)33)10-16-8-19(26)23(20(27)9-16)32-13-17-6-7-18(28)11-21(17)29/h2-11H,12-13H2,1H3/b22-10-. The van der Waals surface area contributed by atoms with Crippen LogP contribution in [0.2, 0.25) is 10.0 Å². The van der Waals surface area contributed by atoms with Crippen LogP contribution in [0.5, 0.6) is 5.75 Å². The van der Waals surface area contributed by atoms with Crippen molar-refractivity contribution >= 4 is 95.3 Å². The summed E-state index contributed by atoms with van der Waals surface area (Å²) in [5, 5.41) is 1.12. The lowest BCUT2D eigenvalue weighted by molar-refractivity contribution is -0.122. The van der Waals surface area contributed by atoms with E-state index in [-0.39, 0.29) is 12.5 Å². The molecule has 9 heteroatoms. The van der Waals surface area contributed by atoms with Gasteiger partial charge in [-0.15, -0.1) is 0 Å². The molecule has 0 spiro atoms. The minimum absolute atomic E-state index is 0.0967. The Bertz CT molecular complexity index is 1290. The Balaban J connectivity index is 1.50. The van der Waals surface area contributed by atoms with E-state index in [4.69, 9.17) is 40.2 Å². The van der Waals surface area contributed by atoms with E-state index in [1.807, 2.05) is 55.5 Å². The Hall–Kier alpha value is -1.35. The Morgan fingerprint density at radius 1 is 1.06 bits per heavy atom. The quantitative estimate of drug-likeness (QED) is 0.196. The van der Waals surface area contributed by atoms with Crippen LogP contribution in [-0.4, -0.2) is 15.1 Å². The smallest absolute Gasteiger partial charge is 0.266 e. The number of ether oxygens (including phenoxy) is 1. The summed E-state index contributed by atoms with van der Waals surface area (Å²) in [6.45, 7) is 2.77. The van der Waals surface area contributed by atoms with Crippen molar-refractivity contribution in [2.45, 2.75) is 20.1 Å². The lowest BCUT2D eigenvalue weighted by atomic mass is 10.1. The first-order valence-corrected chi connectivity index (χ1v) is 13.6. The molecule has 0 radical (unpaired) electrons. The van der Waals surface area contributed by atoms with Gasteiger partial charge in [-0.1, -0.05) is 83.1 Å². The van der Waals surface area contributed by atoms with Crippen molar-refractivity contribution in [3.8, 4) is 5.75 Å². The molecule has 1 saturated heterocycles. The highest BCUT2D eigenvalue weighted by atomic mass is 79.9. The lowest BCUT2D eigenvalue weighted by Crippen LogP contribution is -2.27. The molecule has 1 aliphatic rings. The number of halogens is 4. The first kappa shape index (κ1) is 25.7. The molecule has 3 nitrogen and oxygen atoms in total. The fourth-order valence-electron chi connectivity index (χ4n) is 3.25. The van der Waals surface area contributed by atoms with Crippen molar-refractivity contribution in [1.82, 2.24) is 4.90 Å². The van der Waals surface area contributed by atoms with Crippen molar-refractivity contribution < 1.29 is 9.53 Å². The van der Waals surface area contributed by atoms with E-state index in [1.54, 1.807) is 17.0 Å². The van der Waals surface area contributed by atoms with Crippen LogP contribution in [0, 0.1) is 6.92 Å². The molecule has 34 heavy (non-hydrogen) atoms. The van der Waals surface area contributed by atoms with Crippen molar-refractivity contribution in [3.05, 3.63) is 101 Å². The number of thiocarbonyl (C=S) groups is 1. The molecule has 0 aromatic heterocycles. The lowest BCUT2D eigenvalue weighted by Gasteiger charge is -2.14. The highest BCUT2D eigenvalue weighted by Gasteiger charge is 2.32. The first-order chi connectivity index (χ1) is 16.2. The van der Waals surface area contributed by atoms with Crippen LogP contribution in [0.25, 0.3) is 6.08 Å². The molecule has 3 aromatic carbocycles. The van der Waals surface area contributed by atoms with Gasteiger partial charge >= 0.3 is 0 Å². The number of hydrogen-bond donors (Lipinski definition) is 0. The van der Waals surface area contributed by atoms with Gasteiger partial charge < -0.3 is 4.74 Å². The third-order valence-corrected chi connectivity index (χ3v) is 8.18. The molecule has 0 unspecified atom stereocenters. The second kappa shape index (κ2) is 11.1. The number of carbonyl (C=O) groups is 1. The van der Waals surface area contributed by atoms with Crippen LogP contribution in [-0.2, 0) is 17.9 Å². The van der Waals surface area contributed by atoms with Crippen LogP contribution in [0.4, 0.5) is 0 Å². The Labute approximate surface area is 234 Å². The summed E-state index contributed by atoms with van der Waals surface area (Å²) in [6, 6.07) is 17.2. The molecular formula is C25H17Br2Cl2NO2S2. The van der Waals surface area contributed by atoms with E-state index in [2.05, 4.69) is 31.9 Å². The maximum absolute atomic E-state index is 13.0. The molecule has 0 bridgehead atoms. The Morgan fingerprint density at radius 2 is 1.74 bits per heavy atom. The SMILES string of the molecule is Cc1ccc(CN2C(=O)/C(=C/c3cc(Br)c(OCc4ccc(Cl)cc4Cl)c(Br)c3)SC2=S)cc1. The van der Waals surface area contributed by atoms with Gasteiger partial charge in [0.2, 0.25) is 0 Å². The zero-order valence-electron chi connectivity index (χ0n) is 17.8. The minimum Gasteiger partial charge on any atom is -0.486 e. The zero-order chi connectivity index (χ0) is 24.4. The molecule has 1 heterocycles. The van der Waals surface area contributed by atoms with Gasteiger partial charge in [0.1, 0.15) is 16.7 Å². The molecule has 4 rings (SSSR count). The highest BCUT2D eigenvalue weighted by Crippen LogP contribution is 2.39. The van der Waals surface area contributed by atoms with Crippen LogP contribution in [0.15, 0.2) is 68.4 Å². The summed E-state index contributed by atoms with van der Waals surface area (Å²) in [5.41, 5.74) is 3.88. The number of hydrogen-bond acceptors (Lipinski definition) is 4. The van der Waals surface area contributed by atoms with Gasteiger partial charge in [-0.3, -0.25) is 9.69 Å². The molecule has 3 aromatic rings. The van der Waals surface area contributed by atoms with Gasteiger partial charge in [-0.05, 0) is 80.3 Å². The number of thioether (sulfide) groups is 1. The summed E-state index contributed by atoms with van der Waals surface area (Å²) >= 11 is 26.1.